The summed E-state index contributed by atoms with van der Waals surface area (Å²) in [5.74, 6) is -0.419. The number of rotatable bonds is 4. The number of halogens is 1. The number of fused-ring (bicyclic) bond motifs is 1. The van der Waals surface area contributed by atoms with Crippen molar-refractivity contribution in [3.05, 3.63) is 42.1 Å². The van der Waals surface area contributed by atoms with Gasteiger partial charge in [-0.1, -0.05) is 0 Å². The molecule has 0 saturated carbocycles. The third kappa shape index (κ3) is 2.42. The van der Waals surface area contributed by atoms with Crippen LogP contribution in [0.4, 0.5) is 4.39 Å². The van der Waals surface area contributed by atoms with E-state index in [1.807, 2.05) is 0 Å². The van der Waals surface area contributed by atoms with Crippen molar-refractivity contribution in [3.63, 3.8) is 0 Å². The second kappa shape index (κ2) is 5.09. The molecule has 0 unspecified atom stereocenters. The lowest BCUT2D eigenvalue weighted by Crippen LogP contribution is -2.06. The van der Waals surface area contributed by atoms with Crippen LogP contribution in [0.1, 0.15) is 10.5 Å². The standard InChI is InChI=1S/C13H14FN3O2/c1-16(2)7-6-11(18)10-8-15-13-9(14)4-5-12(19-3)17(10)13/h4-8H,1-3H3. The maximum atomic E-state index is 13.6. The van der Waals surface area contributed by atoms with Gasteiger partial charge in [0, 0.05) is 32.4 Å². The van der Waals surface area contributed by atoms with E-state index in [9.17, 15) is 9.18 Å². The molecule has 100 valence electrons. The Bertz CT molecular complexity index is 647. The molecule has 19 heavy (non-hydrogen) atoms. The highest BCUT2D eigenvalue weighted by molar-refractivity contribution is 6.03. The van der Waals surface area contributed by atoms with Crippen LogP contribution in [-0.2, 0) is 0 Å². The number of allylic oxidation sites excluding steroid dienone is 1. The summed E-state index contributed by atoms with van der Waals surface area (Å²) < 4.78 is 20.1. The van der Waals surface area contributed by atoms with Gasteiger partial charge in [-0.25, -0.2) is 9.37 Å². The second-order valence-corrected chi connectivity index (χ2v) is 4.17. The molecule has 5 nitrogen and oxygen atoms in total. The first-order chi connectivity index (χ1) is 9.04. The molecule has 0 saturated heterocycles. The Morgan fingerprint density at radius 2 is 2.21 bits per heavy atom. The first-order valence-corrected chi connectivity index (χ1v) is 5.63. The van der Waals surface area contributed by atoms with Gasteiger partial charge in [0.2, 0.25) is 5.78 Å². The van der Waals surface area contributed by atoms with Crippen molar-refractivity contribution < 1.29 is 13.9 Å². The molecule has 6 heteroatoms. The van der Waals surface area contributed by atoms with Crippen molar-refractivity contribution in [3.8, 4) is 5.88 Å². The van der Waals surface area contributed by atoms with Gasteiger partial charge >= 0.3 is 0 Å². The van der Waals surface area contributed by atoms with Crippen molar-refractivity contribution in [2.24, 2.45) is 0 Å². The molecule has 0 atom stereocenters. The highest BCUT2D eigenvalue weighted by Crippen LogP contribution is 2.20. The number of carbonyl (C=O) groups is 1. The minimum Gasteiger partial charge on any atom is -0.482 e. The molecule has 0 bridgehead atoms. The lowest BCUT2D eigenvalue weighted by Gasteiger charge is -2.07. The van der Waals surface area contributed by atoms with Gasteiger partial charge in [-0.15, -0.1) is 0 Å². The highest BCUT2D eigenvalue weighted by Gasteiger charge is 2.15. The molecular weight excluding hydrogens is 249 g/mol. The monoisotopic (exact) mass is 263 g/mol. The lowest BCUT2D eigenvalue weighted by atomic mass is 10.3. The molecular formula is C13H14FN3O2. The van der Waals surface area contributed by atoms with E-state index in [2.05, 4.69) is 4.98 Å². The van der Waals surface area contributed by atoms with Crippen LogP contribution in [0.3, 0.4) is 0 Å². The largest absolute Gasteiger partial charge is 0.482 e. The number of methoxy groups -OCH3 is 1. The number of hydrogen-bond donors (Lipinski definition) is 0. The third-order valence-corrected chi connectivity index (χ3v) is 2.55. The molecule has 0 spiro atoms. The summed E-state index contributed by atoms with van der Waals surface area (Å²) in [5.41, 5.74) is 0.324. The van der Waals surface area contributed by atoms with Crippen molar-refractivity contribution in [1.29, 1.82) is 0 Å². The molecule has 0 N–H and O–H groups in total. The summed E-state index contributed by atoms with van der Waals surface area (Å²) in [6, 6.07) is 2.71. The maximum Gasteiger partial charge on any atom is 0.205 e. The van der Waals surface area contributed by atoms with Crippen LogP contribution in [0.2, 0.25) is 0 Å². The Balaban J connectivity index is 2.56. The van der Waals surface area contributed by atoms with Crippen LogP contribution in [0, 0.1) is 5.82 Å². The number of ether oxygens (including phenoxy) is 1. The van der Waals surface area contributed by atoms with E-state index in [4.69, 9.17) is 4.74 Å². The van der Waals surface area contributed by atoms with E-state index in [-0.39, 0.29) is 17.1 Å². The first kappa shape index (κ1) is 13.1. The number of carbonyl (C=O) groups excluding carboxylic acids is 1. The lowest BCUT2D eigenvalue weighted by molar-refractivity contribution is 0.103. The normalized spacial score (nSPS) is 11.2. The van der Waals surface area contributed by atoms with Crippen LogP contribution in [0.5, 0.6) is 5.88 Å². The number of pyridine rings is 1. The molecule has 0 aliphatic carbocycles. The van der Waals surface area contributed by atoms with Gasteiger partial charge in [0.1, 0.15) is 5.69 Å². The molecule has 0 aliphatic heterocycles. The molecule has 2 heterocycles. The fraction of sp³-hybridized carbons (Fsp3) is 0.231. The van der Waals surface area contributed by atoms with Gasteiger partial charge in [0.05, 0.1) is 13.3 Å². The molecule has 0 aliphatic rings. The van der Waals surface area contributed by atoms with Gasteiger partial charge < -0.3 is 9.64 Å². The van der Waals surface area contributed by atoms with Crippen LogP contribution < -0.4 is 4.74 Å². The van der Waals surface area contributed by atoms with Crippen LogP contribution in [0.25, 0.3) is 5.65 Å². The van der Waals surface area contributed by atoms with E-state index in [1.165, 1.54) is 35.9 Å². The number of ketones is 1. The summed E-state index contributed by atoms with van der Waals surface area (Å²) in [4.78, 5) is 17.7. The predicted octanol–water partition coefficient (Wildman–Crippen LogP) is 1.74. The van der Waals surface area contributed by atoms with Crippen molar-refractivity contribution in [2.75, 3.05) is 21.2 Å². The average Bonchev–Trinajstić information content (AvgIpc) is 2.82. The fourth-order valence-corrected chi connectivity index (χ4v) is 1.67. The summed E-state index contributed by atoms with van der Waals surface area (Å²) in [6.07, 6.45) is 4.35. The van der Waals surface area contributed by atoms with Crippen LogP contribution in [0.15, 0.2) is 30.6 Å². The second-order valence-electron chi connectivity index (χ2n) is 4.17. The summed E-state index contributed by atoms with van der Waals surface area (Å²) in [7, 11) is 5.06. The zero-order valence-corrected chi connectivity index (χ0v) is 10.9. The maximum absolute atomic E-state index is 13.6. The van der Waals surface area contributed by atoms with E-state index in [1.54, 1.807) is 25.2 Å². The molecule has 0 radical (unpaired) electrons. The highest BCUT2D eigenvalue weighted by atomic mass is 19.1. The molecule has 0 aromatic carbocycles. The summed E-state index contributed by atoms with van der Waals surface area (Å²) in [5, 5.41) is 0. The smallest absolute Gasteiger partial charge is 0.205 e. The van der Waals surface area contributed by atoms with E-state index in [0.29, 0.717) is 5.88 Å². The van der Waals surface area contributed by atoms with Crippen molar-refractivity contribution in [1.82, 2.24) is 14.3 Å². The quantitative estimate of drug-likeness (QED) is 0.622. The number of aromatic nitrogens is 2. The van der Waals surface area contributed by atoms with Gasteiger partial charge in [0.15, 0.2) is 17.3 Å². The Labute approximate surface area is 109 Å². The molecule has 0 amide bonds. The minimum absolute atomic E-state index is 0.0703. The fourth-order valence-electron chi connectivity index (χ4n) is 1.67. The summed E-state index contributed by atoms with van der Waals surface area (Å²) >= 11 is 0. The SMILES string of the molecule is COc1ccc(F)c2ncc(C(=O)C=CN(C)C)n12. The Kier molecular flexibility index (Phi) is 3.50. The van der Waals surface area contributed by atoms with E-state index in [0.717, 1.165) is 0 Å². The van der Waals surface area contributed by atoms with Gasteiger partial charge in [0.25, 0.3) is 0 Å². The zero-order valence-electron chi connectivity index (χ0n) is 10.9. The Morgan fingerprint density at radius 3 is 2.84 bits per heavy atom. The topological polar surface area (TPSA) is 46.8 Å². The third-order valence-electron chi connectivity index (χ3n) is 2.55. The average molecular weight is 263 g/mol. The first-order valence-electron chi connectivity index (χ1n) is 5.63. The number of nitrogens with zero attached hydrogens (tertiary/aromatic N) is 3. The van der Waals surface area contributed by atoms with E-state index >= 15 is 0 Å². The molecule has 2 aromatic rings. The van der Waals surface area contributed by atoms with Gasteiger partial charge in [-0.2, -0.15) is 0 Å². The van der Waals surface area contributed by atoms with Crippen LogP contribution >= 0.6 is 0 Å². The van der Waals surface area contributed by atoms with Crippen molar-refractivity contribution in [2.45, 2.75) is 0 Å². The summed E-state index contributed by atoms with van der Waals surface area (Å²) in [6.45, 7) is 0. The van der Waals surface area contributed by atoms with E-state index < -0.39 is 5.82 Å². The molecule has 2 aromatic heterocycles. The molecule has 0 fully saturated rings. The number of imidazole rings is 1. The molecule has 2 rings (SSSR count). The van der Waals surface area contributed by atoms with Crippen LogP contribution in [-0.4, -0.2) is 41.3 Å². The number of hydrogen-bond acceptors (Lipinski definition) is 4. The van der Waals surface area contributed by atoms with Crippen molar-refractivity contribution >= 4 is 11.4 Å². The Hall–Kier alpha value is -2.37. The Morgan fingerprint density at radius 1 is 1.47 bits per heavy atom. The van der Waals surface area contributed by atoms with Gasteiger partial charge in [-0.05, 0) is 6.07 Å². The van der Waals surface area contributed by atoms with Gasteiger partial charge in [-0.3, -0.25) is 9.20 Å². The zero-order chi connectivity index (χ0) is 14.0. The predicted molar refractivity (Wildman–Crippen MR) is 68.9 cm³/mol. The minimum atomic E-state index is -0.503.